The van der Waals surface area contributed by atoms with Crippen molar-refractivity contribution in [3.05, 3.63) is 29.8 Å². The van der Waals surface area contributed by atoms with E-state index in [1.165, 1.54) is 12.1 Å². The van der Waals surface area contributed by atoms with Crippen LogP contribution in [0.2, 0.25) is 0 Å². The molecule has 0 aliphatic carbocycles. The summed E-state index contributed by atoms with van der Waals surface area (Å²) in [7, 11) is -4.17. The van der Waals surface area contributed by atoms with Crippen LogP contribution in [0.4, 0.5) is 0 Å². The van der Waals surface area contributed by atoms with Gasteiger partial charge in [-0.2, -0.15) is 8.42 Å². The van der Waals surface area contributed by atoms with Gasteiger partial charge < -0.3 is 4.84 Å². The summed E-state index contributed by atoms with van der Waals surface area (Å²) >= 11 is 0. The van der Waals surface area contributed by atoms with Gasteiger partial charge in [0.05, 0.1) is 4.90 Å². The van der Waals surface area contributed by atoms with Crippen LogP contribution < -0.4 is 0 Å². The quantitative estimate of drug-likeness (QED) is 0.573. The summed E-state index contributed by atoms with van der Waals surface area (Å²) in [5.41, 5.74) is 0.863. The van der Waals surface area contributed by atoms with Crippen LogP contribution in [0.15, 0.2) is 29.2 Å². The van der Waals surface area contributed by atoms with E-state index in [-0.39, 0.29) is 17.7 Å². The second-order valence-corrected chi connectivity index (χ2v) is 6.57. The largest absolute Gasteiger partial charge is 0.362 e. The third-order valence-electron chi connectivity index (χ3n) is 3.10. The van der Waals surface area contributed by atoms with Crippen molar-refractivity contribution in [2.24, 2.45) is 0 Å². The third-order valence-corrected chi connectivity index (χ3v) is 4.49. The van der Waals surface area contributed by atoms with Gasteiger partial charge in [-0.1, -0.05) is 17.7 Å². The second kappa shape index (κ2) is 6.47. The smallest absolute Gasteiger partial charge is 0.327 e. The molecule has 1 aliphatic heterocycles. The number of carbonyl (C=O) groups is 3. The Balaban J connectivity index is 2.04. The van der Waals surface area contributed by atoms with E-state index in [0.29, 0.717) is 5.06 Å². The van der Waals surface area contributed by atoms with Gasteiger partial charge in [0.25, 0.3) is 21.9 Å². The second-order valence-electron chi connectivity index (χ2n) is 5.00. The van der Waals surface area contributed by atoms with Gasteiger partial charge in [0.15, 0.2) is 6.10 Å². The van der Waals surface area contributed by atoms with Crippen molar-refractivity contribution in [2.75, 3.05) is 0 Å². The molecule has 8 nitrogen and oxygen atoms in total. The lowest BCUT2D eigenvalue weighted by Gasteiger charge is -2.16. The van der Waals surface area contributed by atoms with Gasteiger partial charge in [0.1, 0.15) is 0 Å². The highest BCUT2D eigenvalue weighted by Gasteiger charge is 2.35. The fourth-order valence-corrected chi connectivity index (χ4v) is 2.85. The zero-order chi connectivity index (χ0) is 17.2. The fraction of sp³-hybridized carbons (Fsp3) is 0.357. The number of aryl methyl sites for hydroxylation is 1. The van der Waals surface area contributed by atoms with Crippen LogP contribution in [0.5, 0.6) is 0 Å². The molecule has 1 aromatic carbocycles. The first-order chi connectivity index (χ1) is 10.7. The van der Waals surface area contributed by atoms with E-state index in [4.69, 9.17) is 4.18 Å². The van der Waals surface area contributed by atoms with Gasteiger partial charge >= 0.3 is 5.97 Å². The summed E-state index contributed by atoms with van der Waals surface area (Å²) in [5.74, 6) is -2.46. The first-order valence-electron chi connectivity index (χ1n) is 6.78. The van der Waals surface area contributed by atoms with Gasteiger partial charge in [0.2, 0.25) is 0 Å². The minimum atomic E-state index is -4.17. The monoisotopic (exact) mass is 341 g/mol. The molecule has 0 aromatic heterocycles. The molecule has 9 heteroatoms. The van der Waals surface area contributed by atoms with Crippen LogP contribution in [-0.2, 0) is 33.5 Å². The van der Waals surface area contributed by atoms with Crippen LogP contribution in [0, 0.1) is 6.92 Å². The molecule has 1 aliphatic rings. The summed E-state index contributed by atoms with van der Waals surface area (Å²) in [6.45, 7) is 2.94. The number of carbonyl (C=O) groups excluding carboxylic acids is 3. The van der Waals surface area contributed by atoms with E-state index in [1.54, 1.807) is 19.1 Å². The number of imide groups is 1. The van der Waals surface area contributed by atoms with Gasteiger partial charge in [-0.05, 0) is 26.0 Å². The Labute approximate surface area is 133 Å². The van der Waals surface area contributed by atoms with Crippen molar-refractivity contribution >= 4 is 27.9 Å². The van der Waals surface area contributed by atoms with Gasteiger partial charge in [-0.15, -0.1) is 5.06 Å². The minimum absolute atomic E-state index is 0.0526. The summed E-state index contributed by atoms with van der Waals surface area (Å²) in [6.07, 6.45) is -1.62. The number of amides is 2. The Hall–Kier alpha value is -2.26. The SMILES string of the molecule is Cc1ccc(S(=O)(=O)O[C@H](C)C(=O)ON2C(=O)CCC2=O)cc1. The molecule has 0 spiro atoms. The van der Waals surface area contributed by atoms with Crippen molar-refractivity contribution in [3.8, 4) is 0 Å². The number of benzene rings is 1. The predicted octanol–water partition coefficient (Wildman–Crippen LogP) is 0.696. The Bertz CT molecular complexity index is 723. The number of hydrogen-bond donors (Lipinski definition) is 0. The molecule has 0 unspecified atom stereocenters. The summed E-state index contributed by atoms with van der Waals surface area (Å²) in [4.78, 5) is 39.0. The molecule has 23 heavy (non-hydrogen) atoms. The fourth-order valence-electron chi connectivity index (χ4n) is 1.81. The maximum Gasteiger partial charge on any atom is 0.362 e. The lowest BCUT2D eigenvalue weighted by molar-refractivity contribution is -0.201. The maximum absolute atomic E-state index is 12.0. The van der Waals surface area contributed by atoms with Crippen LogP contribution in [-0.4, -0.2) is 37.4 Å². The number of rotatable bonds is 5. The van der Waals surface area contributed by atoms with Crippen molar-refractivity contribution in [3.63, 3.8) is 0 Å². The molecule has 124 valence electrons. The molecule has 1 saturated heterocycles. The van der Waals surface area contributed by atoms with E-state index < -0.39 is 34.0 Å². The topological polar surface area (TPSA) is 107 Å². The maximum atomic E-state index is 12.0. The average Bonchev–Trinajstić information content (AvgIpc) is 2.79. The van der Waals surface area contributed by atoms with Crippen molar-refractivity contribution in [1.29, 1.82) is 0 Å². The van der Waals surface area contributed by atoms with E-state index in [9.17, 15) is 22.8 Å². The van der Waals surface area contributed by atoms with Crippen molar-refractivity contribution in [2.45, 2.75) is 37.7 Å². The Kier molecular flexibility index (Phi) is 4.81. The molecule has 1 heterocycles. The Morgan fingerprint density at radius 2 is 1.65 bits per heavy atom. The molecule has 2 rings (SSSR count). The molecule has 0 saturated carbocycles. The lowest BCUT2D eigenvalue weighted by atomic mass is 10.2. The van der Waals surface area contributed by atoms with Crippen LogP contribution >= 0.6 is 0 Å². The van der Waals surface area contributed by atoms with Gasteiger partial charge in [-0.3, -0.25) is 13.8 Å². The van der Waals surface area contributed by atoms with E-state index in [0.717, 1.165) is 12.5 Å². The number of nitrogens with zero attached hydrogens (tertiary/aromatic N) is 1. The zero-order valence-electron chi connectivity index (χ0n) is 12.5. The molecule has 1 atom stereocenters. The first-order valence-corrected chi connectivity index (χ1v) is 8.19. The van der Waals surface area contributed by atoms with Crippen LogP contribution in [0.25, 0.3) is 0 Å². The third kappa shape index (κ3) is 3.93. The molecular formula is C14H15NO7S. The predicted molar refractivity (Wildman–Crippen MR) is 76.1 cm³/mol. The molecule has 0 N–H and O–H groups in total. The molecule has 2 amide bonds. The number of hydrogen-bond acceptors (Lipinski definition) is 7. The van der Waals surface area contributed by atoms with E-state index in [1.807, 2.05) is 0 Å². The molecule has 1 fully saturated rings. The summed E-state index contributed by atoms with van der Waals surface area (Å²) in [6, 6.07) is 5.86. The summed E-state index contributed by atoms with van der Waals surface area (Å²) < 4.78 is 28.8. The molecular weight excluding hydrogens is 326 g/mol. The van der Waals surface area contributed by atoms with Crippen molar-refractivity contribution < 1.29 is 31.8 Å². The molecule has 0 radical (unpaired) electrons. The molecule has 0 bridgehead atoms. The van der Waals surface area contributed by atoms with Crippen molar-refractivity contribution in [1.82, 2.24) is 5.06 Å². The van der Waals surface area contributed by atoms with Crippen LogP contribution in [0.3, 0.4) is 0 Å². The Morgan fingerprint density at radius 3 is 2.17 bits per heavy atom. The minimum Gasteiger partial charge on any atom is -0.327 e. The zero-order valence-corrected chi connectivity index (χ0v) is 13.3. The van der Waals surface area contributed by atoms with Gasteiger partial charge in [-0.25, -0.2) is 4.79 Å². The highest BCUT2D eigenvalue weighted by molar-refractivity contribution is 7.86. The normalized spacial score (nSPS) is 16.5. The standard InChI is InChI=1S/C14H15NO7S/c1-9-3-5-11(6-4-9)23(19,20)22-10(2)14(18)21-15-12(16)7-8-13(15)17/h3-6,10H,7-8H2,1-2H3/t10-/m1/s1. The highest BCUT2D eigenvalue weighted by Crippen LogP contribution is 2.17. The van der Waals surface area contributed by atoms with Crippen LogP contribution in [0.1, 0.15) is 25.3 Å². The lowest BCUT2D eigenvalue weighted by Crippen LogP contribution is -2.37. The molecule has 1 aromatic rings. The van der Waals surface area contributed by atoms with E-state index in [2.05, 4.69) is 4.84 Å². The summed E-state index contributed by atoms with van der Waals surface area (Å²) in [5, 5.41) is 0.334. The average molecular weight is 341 g/mol. The van der Waals surface area contributed by atoms with Gasteiger partial charge in [0, 0.05) is 12.8 Å². The Morgan fingerprint density at radius 1 is 1.13 bits per heavy atom. The highest BCUT2D eigenvalue weighted by atomic mass is 32.2. The number of hydroxylamine groups is 2. The van der Waals surface area contributed by atoms with E-state index >= 15 is 0 Å². The first kappa shape index (κ1) is 17.1.